The molecule has 1 saturated heterocycles. The Morgan fingerprint density at radius 3 is 2.43 bits per heavy atom. The van der Waals surface area contributed by atoms with E-state index in [0.29, 0.717) is 24.7 Å². The van der Waals surface area contributed by atoms with Gasteiger partial charge in [0, 0.05) is 26.2 Å². The number of hydrogen-bond donors (Lipinski definition) is 1. The van der Waals surface area contributed by atoms with E-state index < -0.39 is 0 Å². The second kappa shape index (κ2) is 6.15. The Morgan fingerprint density at radius 2 is 1.74 bits per heavy atom. The topological polar surface area (TPSA) is 89.5 Å². The van der Waals surface area contributed by atoms with Gasteiger partial charge in [0.05, 0.1) is 12.8 Å². The standard InChI is InChI=1S/C15H20N6O2/c1-11-14(22)21(16)15(18-17-11)20-9-7-19(8-10-20)12-5-3-4-6-13(12)23-2/h3-6H,7-10,16H2,1-2H3. The molecule has 3 rings (SSSR count). The van der Waals surface area contributed by atoms with E-state index in [1.54, 1.807) is 14.0 Å². The van der Waals surface area contributed by atoms with Gasteiger partial charge >= 0.3 is 0 Å². The lowest BCUT2D eigenvalue weighted by molar-refractivity contribution is 0.413. The molecule has 0 radical (unpaired) electrons. The quantitative estimate of drug-likeness (QED) is 0.797. The van der Waals surface area contributed by atoms with Gasteiger partial charge in [-0.1, -0.05) is 12.1 Å². The zero-order valence-corrected chi connectivity index (χ0v) is 13.3. The van der Waals surface area contributed by atoms with E-state index in [0.717, 1.165) is 29.2 Å². The number of benzene rings is 1. The molecule has 23 heavy (non-hydrogen) atoms. The van der Waals surface area contributed by atoms with E-state index in [9.17, 15) is 4.79 Å². The third-order valence-corrected chi connectivity index (χ3v) is 4.02. The molecule has 2 aromatic rings. The SMILES string of the molecule is COc1ccccc1N1CCN(c2nnc(C)c(=O)n2N)CC1. The van der Waals surface area contributed by atoms with Gasteiger partial charge in [0.25, 0.3) is 5.56 Å². The summed E-state index contributed by atoms with van der Waals surface area (Å²) >= 11 is 0. The first kappa shape index (κ1) is 15.1. The normalized spacial score (nSPS) is 14.9. The molecule has 0 amide bonds. The van der Waals surface area contributed by atoms with Gasteiger partial charge < -0.3 is 20.4 Å². The Labute approximate surface area is 134 Å². The monoisotopic (exact) mass is 316 g/mol. The van der Waals surface area contributed by atoms with Gasteiger partial charge in [-0.3, -0.25) is 4.79 Å². The summed E-state index contributed by atoms with van der Waals surface area (Å²) in [5, 5.41) is 7.95. The molecule has 1 fully saturated rings. The van der Waals surface area contributed by atoms with Crippen LogP contribution in [0, 0.1) is 6.92 Å². The van der Waals surface area contributed by atoms with Gasteiger partial charge in [0.1, 0.15) is 11.4 Å². The molecule has 8 heteroatoms. The number of methoxy groups -OCH3 is 1. The summed E-state index contributed by atoms with van der Waals surface area (Å²) < 4.78 is 6.49. The van der Waals surface area contributed by atoms with Crippen LogP contribution in [0.15, 0.2) is 29.1 Å². The molecule has 0 bridgehead atoms. The summed E-state index contributed by atoms with van der Waals surface area (Å²) in [4.78, 5) is 16.1. The van der Waals surface area contributed by atoms with Gasteiger partial charge in [-0.05, 0) is 19.1 Å². The summed E-state index contributed by atoms with van der Waals surface area (Å²) in [6.45, 7) is 4.56. The second-order valence-corrected chi connectivity index (χ2v) is 5.41. The van der Waals surface area contributed by atoms with Crippen LogP contribution in [0.4, 0.5) is 11.6 Å². The van der Waals surface area contributed by atoms with E-state index in [4.69, 9.17) is 10.6 Å². The number of hydrogen-bond acceptors (Lipinski definition) is 7. The molecule has 0 unspecified atom stereocenters. The molecule has 1 aliphatic rings. The van der Waals surface area contributed by atoms with Crippen molar-refractivity contribution in [2.24, 2.45) is 0 Å². The van der Waals surface area contributed by atoms with Crippen LogP contribution in [0.2, 0.25) is 0 Å². The van der Waals surface area contributed by atoms with Gasteiger partial charge in [-0.25, -0.2) is 0 Å². The highest BCUT2D eigenvalue weighted by atomic mass is 16.5. The van der Waals surface area contributed by atoms with E-state index in [2.05, 4.69) is 15.1 Å². The van der Waals surface area contributed by atoms with Crippen LogP contribution < -0.4 is 25.9 Å². The fourth-order valence-corrected chi connectivity index (χ4v) is 2.73. The average Bonchev–Trinajstić information content (AvgIpc) is 2.60. The maximum atomic E-state index is 11.9. The highest BCUT2D eigenvalue weighted by Gasteiger charge is 2.23. The Morgan fingerprint density at radius 1 is 1.09 bits per heavy atom. The molecule has 0 aliphatic carbocycles. The lowest BCUT2D eigenvalue weighted by atomic mass is 10.2. The number of rotatable bonds is 3. The molecule has 122 valence electrons. The highest BCUT2D eigenvalue weighted by molar-refractivity contribution is 5.59. The predicted octanol–water partition coefficient (Wildman–Crippen LogP) is -0.00428. The first-order chi connectivity index (χ1) is 11.1. The van der Waals surface area contributed by atoms with Crippen molar-refractivity contribution in [1.29, 1.82) is 0 Å². The second-order valence-electron chi connectivity index (χ2n) is 5.41. The van der Waals surface area contributed by atoms with E-state index >= 15 is 0 Å². The third kappa shape index (κ3) is 2.79. The minimum absolute atomic E-state index is 0.295. The molecule has 2 heterocycles. The Kier molecular flexibility index (Phi) is 4.05. The highest BCUT2D eigenvalue weighted by Crippen LogP contribution is 2.28. The first-order valence-electron chi connectivity index (χ1n) is 7.46. The minimum Gasteiger partial charge on any atom is -0.495 e. The predicted molar refractivity (Wildman–Crippen MR) is 88.6 cm³/mol. The molecule has 0 spiro atoms. The van der Waals surface area contributed by atoms with E-state index in [1.165, 1.54) is 0 Å². The molecule has 2 N–H and O–H groups in total. The minimum atomic E-state index is -0.317. The van der Waals surface area contributed by atoms with E-state index in [-0.39, 0.29) is 5.56 Å². The molecule has 1 aromatic heterocycles. The van der Waals surface area contributed by atoms with Gasteiger partial charge in [-0.15, -0.1) is 10.2 Å². The number of piperazine rings is 1. The van der Waals surface area contributed by atoms with Crippen LogP contribution in [0.5, 0.6) is 5.75 Å². The summed E-state index contributed by atoms with van der Waals surface area (Å²) in [6, 6.07) is 7.94. The zero-order valence-electron chi connectivity index (χ0n) is 13.3. The van der Waals surface area contributed by atoms with Crippen LogP contribution >= 0.6 is 0 Å². The van der Waals surface area contributed by atoms with Crippen molar-refractivity contribution < 1.29 is 4.74 Å². The van der Waals surface area contributed by atoms with Gasteiger partial charge in [-0.2, -0.15) is 4.68 Å². The number of aromatic nitrogens is 3. The molecular weight excluding hydrogens is 296 g/mol. The third-order valence-electron chi connectivity index (χ3n) is 4.02. The van der Waals surface area contributed by atoms with Crippen molar-refractivity contribution in [2.45, 2.75) is 6.92 Å². The van der Waals surface area contributed by atoms with Crippen LogP contribution in [0.1, 0.15) is 5.69 Å². The number of nitrogens with zero attached hydrogens (tertiary/aromatic N) is 5. The van der Waals surface area contributed by atoms with Crippen molar-refractivity contribution in [3.63, 3.8) is 0 Å². The number of nitrogens with two attached hydrogens (primary N) is 1. The molecular formula is C15H20N6O2. The van der Waals surface area contributed by atoms with Crippen molar-refractivity contribution in [3.8, 4) is 5.75 Å². The Hall–Kier alpha value is -2.77. The fraction of sp³-hybridized carbons (Fsp3) is 0.400. The molecule has 1 aromatic carbocycles. The maximum Gasteiger partial charge on any atom is 0.295 e. The number of nitrogen functional groups attached to an aromatic ring is 1. The number of anilines is 2. The van der Waals surface area contributed by atoms with Crippen molar-refractivity contribution in [1.82, 2.24) is 14.9 Å². The largest absolute Gasteiger partial charge is 0.495 e. The molecule has 0 atom stereocenters. The summed E-state index contributed by atoms with van der Waals surface area (Å²) in [6.07, 6.45) is 0. The number of aryl methyl sites for hydroxylation is 1. The summed E-state index contributed by atoms with van der Waals surface area (Å²) in [5.74, 6) is 7.09. The first-order valence-corrected chi connectivity index (χ1v) is 7.46. The van der Waals surface area contributed by atoms with Crippen LogP contribution in [-0.4, -0.2) is 48.2 Å². The summed E-state index contributed by atoms with van der Waals surface area (Å²) in [7, 11) is 1.67. The maximum absolute atomic E-state index is 11.9. The summed E-state index contributed by atoms with van der Waals surface area (Å²) in [5.41, 5.74) is 1.04. The van der Waals surface area contributed by atoms with Crippen LogP contribution in [0.25, 0.3) is 0 Å². The number of para-hydroxylation sites is 2. The lowest BCUT2D eigenvalue weighted by Crippen LogP contribution is -2.49. The van der Waals surface area contributed by atoms with Gasteiger partial charge in [0.2, 0.25) is 5.95 Å². The van der Waals surface area contributed by atoms with Crippen molar-refractivity contribution >= 4 is 11.6 Å². The lowest BCUT2D eigenvalue weighted by Gasteiger charge is -2.37. The number of ether oxygens (including phenoxy) is 1. The molecule has 1 aliphatic heterocycles. The fourth-order valence-electron chi connectivity index (χ4n) is 2.73. The van der Waals surface area contributed by atoms with Crippen LogP contribution in [0.3, 0.4) is 0 Å². The Balaban J connectivity index is 1.76. The average molecular weight is 316 g/mol. The van der Waals surface area contributed by atoms with Crippen molar-refractivity contribution in [2.75, 3.05) is 48.9 Å². The smallest absolute Gasteiger partial charge is 0.295 e. The van der Waals surface area contributed by atoms with Gasteiger partial charge in [0.15, 0.2) is 0 Å². The Bertz CT molecular complexity index is 752. The molecule has 8 nitrogen and oxygen atoms in total. The van der Waals surface area contributed by atoms with E-state index in [1.807, 2.05) is 29.2 Å². The van der Waals surface area contributed by atoms with Crippen molar-refractivity contribution in [3.05, 3.63) is 40.3 Å². The zero-order chi connectivity index (χ0) is 16.4. The molecule has 0 saturated carbocycles. The van der Waals surface area contributed by atoms with Crippen LogP contribution in [-0.2, 0) is 0 Å².